The zero-order valence-corrected chi connectivity index (χ0v) is 16.2. The molecule has 2 heterocycles. The van der Waals surface area contributed by atoms with Gasteiger partial charge >= 0.3 is 0 Å². The van der Waals surface area contributed by atoms with Crippen molar-refractivity contribution in [3.05, 3.63) is 89.0 Å². The van der Waals surface area contributed by atoms with Crippen molar-refractivity contribution in [2.45, 2.75) is 4.90 Å². The molecule has 2 aromatic heterocycles. The zero-order chi connectivity index (χ0) is 21.1. The van der Waals surface area contributed by atoms with Gasteiger partial charge in [0, 0.05) is 35.1 Å². The Morgan fingerprint density at radius 2 is 1.63 bits per heavy atom. The number of para-hydroxylation sites is 1. The van der Waals surface area contributed by atoms with E-state index in [1.165, 1.54) is 42.7 Å². The summed E-state index contributed by atoms with van der Waals surface area (Å²) in [5, 5.41) is 3.27. The fraction of sp³-hybridized carbons (Fsp3) is 0. The van der Waals surface area contributed by atoms with E-state index in [0.29, 0.717) is 16.6 Å². The van der Waals surface area contributed by atoms with Crippen molar-refractivity contribution >= 4 is 38.5 Å². The molecule has 0 spiro atoms. The minimum absolute atomic E-state index is 0.0189. The molecular formula is C20H15N5O4S. The lowest BCUT2D eigenvalue weighted by Crippen LogP contribution is -2.17. The highest BCUT2D eigenvalue weighted by Gasteiger charge is 2.16. The van der Waals surface area contributed by atoms with Gasteiger partial charge in [-0.3, -0.25) is 9.59 Å². The molecule has 4 rings (SSSR count). The summed E-state index contributed by atoms with van der Waals surface area (Å²) in [7, 11) is -3.88. The molecule has 0 atom stereocenters. The summed E-state index contributed by atoms with van der Waals surface area (Å²) in [6, 6.07) is 15.3. The first-order chi connectivity index (χ1) is 14.4. The molecule has 0 aliphatic heterocycles. The van der Waals surface area contributed by atoms with Gasteiger partial charge in [-0.15, -0.1) is 0 Å². The van der Waals surface area contributed by atoms with Gasteiger partial charge in [0.15, 0.2) is 0 Å². The second-order valence-electron chi connectivity index (χ2n) is 6.25. The number of sulfonamides is 1. The van der Waals surface area contributed by atoms with Gasteiger partial charge in [0.05, 0.1) is 10.5 Å². The van der Waals surface area contributed by atoms with Crippen molar-refractivity contribution in [1.29, 1.82) is 0 Å². The number of carbonyl (C=O) groups is 1. The molecule has 0 saturated heterocycles. The molecule has 1 amide bonds. The molecule has 0 saturated carbocycles. The fourth-order valence-electron chi connectivity index (χ4n) is 2.84. The topological polar surface area (TPSA) is 134 Å². The van der Waals surface area contributed by atoms with E-state index in [-0.39, 0.29) is 16.4 Å². The molecule has 30 heavy (non-hydrogen) atoms. The number of amides is 1. The minimum Gasteiger partial charge on any atom is -0.322 e. The van der Waals surface area contributed by atoms with Crippen LogP contribution in [0.5, 0.6) is 0 Å². The van der Waals surface area contributed by atoms with E-state index in [4.69, 9.17) is 0 Å². The van der Waals surface area contributed by atoms with Gasteiger partial charge in [-0.25, -0.2) is 23.1 Å². The van der Waals surface area contributed by atoms with Gasteiger partial charge in [0.1, 0.15) is 0 Å². The van der Waals surface area contributed by atoms with Crippen LogP contribution >= 0.6 is 0 Å². The van der Waals surface area contributed by atoms with Gasteiger partial charge in [-0.2, -0.15) is 0 Å². The second kappa shape index (κ2) is 7.76. The number of hydrogen-bond donors (Lipinski definition) is 3. The number of carbonyl (C=O) groups excluding carboxylic acids is 1. The number of hydrogen-bond acceptors (Lipinski definition) is 6. The second-order valence-corrected chi connectivity index (χ2v) is 7.93. The monoisotopic (exact) mass is 421 g/mol. The predicted molar refractivity (Wildman–Crippen MR) is 112 cm³/mol. The van der Waals surface area contributed by atoms with E-state index in [0.717, 1.165) is 0 Å². The van der Waals surface area contributed by atoms with Crippen LogP contribution in [0.4, 0.5) is 11.6 Å². The quantitative estimate of drug-likeness (QED) is 0.453. The zero-order valence-electron chi connectivity index (χ0n) is 15.4. The Bertz CT molecular complexity index is 1380. The maximum atomic E-state index is 12.7. The van der Waals surface area contributed by atoms with Gasteiger partial charge in [0.2, 0.25) is 11.5 Å². The minimum atomic E-state index is -3.88. The number of nitrogens with one attached hydrogen (secondary N) is 3. The Labute approximate surface area is 170 Å². The normalized spacial score (nSPS) is 11.2. The van der Waals surface area contributed by atoms with Gasteiger partial charge < -0.3 is 10.3 Å². The Kier molecular flexibility index (Phi) is 4.98. The van der Waals surface area contributed by atoms with Crippen LogP contribution in [0, 0.1) is 0 Å². The van der Waals surface area contributed by atoms with Gasteiger partial charge in [-0.1, -0.05) is 18.2 Å². The third-order valence-corrected chi connectivity index (χ3v) is 5.55. The fourth-order valence-corrected chi connectivity index (χ4v) is 3.80. The largest absolute Gasteiger partial charge is 0.322 e. The third kappa shape index (κ3) is 4.03. The van der Waals surface area contributed by atoms with Crippen LogP contribution in [0.2, 0.25) is 0 Å². The van der Waals surface area contributed by atoms with Crippen molar-refractivity contribution in [2.75, 3.05) is 10.0 Å². The Morgan fingerprint density at radius 1 is 0.933 bits per heavy atom. The highest BCUT2D eigenvalue weighted by atomic mass is 32.2. The number of aromatic amines is 1. The van der Waals surface area contributed by atoms with Crippen molar-refractivity contribution in [3.8, 4) is 0 Å². The average Bonchev–Trinajstić information content (AvgIpc) is 2.74. The molecule has 0 bridgehead atoms. The number of anilines is 2. The molecule has 9 nitrogen and oxygen atoms in total. The molecule has 0 aliphatic carbocycles. The maximum Gasteiger partial charge on any atom is 0.264 e. The number of pyridine rings is 1. The lowest BCUT2D eigenvalue weighted by Gasteiger charge is -2.09. The average molecular weight is 421 g/mol. The van der Waals surface area contributed by atoms with Crippen LogP contribution in [-0.2, 0) is 10.0 Å². The van der Waals surface area contributed by atoms with E-state index in [1.807, 2.05) is 0 Å². The highest BCUT2D eigenvalue weighted by Crippen LogP contribution is 2.19. The summed E-state index contributed by atoms with van der Waals surface area (Å²) < 4.78 is 27.1. The van der Waals surface area contributed by atoms with E-state index in [1.54, 1.807) is 30.3 Å². The number of benzene rings is 2. The number of fused-ring (bicyclic) bond motifs is 1. The molecule has 4 aromatic rings. The molecule has 0 radical (unpaired) electrons. The number of H-pyrrole nitrogens is 1. The van der Waals surface area contributed by atoms with E-state index < -0.39 is 21.5 Å². The Morgan fingerprint density at radius 3 is 2.37 bits per heavy atom. The first-order valence-electron chi connectivity index (χ1n) is 8.76. The van der Waals surface area contributed by atoms with Crippen LogP contribution in [-0.4, -0.2) is 29.3 Å². The predicted octanol–water partition coefficient (Wildman–Crippen LogP) is 2.37. The molecule has 0 fully saturated rings. The molecule has 0 unspecified atom stereocenters. The van der Waals surface area contributed by atoms with Crippen LogP contribution in [0.25, 0.3) is 10.9 Å². The van der Waals surface area contributed by atoms with Crippen LogP contribution in [0.3, 0.4) is 0 Å². The van der Waals surface area contributed by atoms with Crippen LogP contribution in [0.1, 0.15) is 10.4 Å². The van der Waals surface area contributed by atoms with Crippen LogP contribution < -0.4 is 15.6 Å². The van der Waals surface area contributed by atoms with Gasteiger partial charge in [-0.05, 0) is 36.4 Å². The van der Waals surface area contributed by atoms with Gasteiger partial charge in [0.25, 0.3) is 15.9 Å². The summed E-state index contributed by atoms with van der Waals surface area (Å²) in [6.07, 6.45) is 2.84. The van der Waals surface area contributed by atoms with E-state index in [9.17, 15) is 18.0 Å². The number of aromatic nitrogens is 3. The Balaban J connectivity index is 1.56. The SMILES string of the molecule is O=C(Nc1ccc(S(=O)(=O)Nc2ncccn2)cc1)c1cc(=O)[nH]c2ccccc12. The molecule has 0 aliphatic rings. The lowest BCUT2D eigenvalue weighted by atomic mass is 10.1. The Hall–Kier alpha value is -4.05. The molecular weight excluding hydrogens is 406 g/mol. The summed E-state index contributed by atoms with van der Waals surface area (Å²) >= 11 is 0. The standard InChI is InChI=1S/C20H15N5O4S/c26-18-12-16(15-4-1-2-5-17(15)24-18)19(27)23-13-6-8-14(9-7-13)30(28,29)25-20-21-10-3-11-22-20/h1-12H,(H,23,27)(H,24,26)(H,21,22,25). The molecule has 10 heteroatoms. The lowest BCUT2D eigenvalue weighted by molar-refractivity contribution is 0.102. The first-order valence-corrected chi connectivity index (χ1v) is 10.2. The summed E-state index contributed by atoms with van der Waals surface area (Å²) in [6.45, 7) is 0. The number of nitrogens with zero attached hydrogens (tertiary/aromatic N) is 2. The highest BCUT2D eigenvalue weighted by molar-refractivity contribution is 7.92. The van der Waals surface area contributed by atoms with E-state index >= 15 is 0 Å². The van der Waals surface area contributed by atoms with Crippen molar-refractivity contribution in [2.24, 2.45) is 0 Å². The van der Waals surface area contributed by atoms with Crippen molar-refractivity contribution < 1.29 is 13.2 Å². The third-order valence-electron chi connectivity index (χ3n) is 4.21. The first kappa shape index (κ1) is 19.3. The van der Waals surface area contributed by atoms with E-state index in [2.05, 4.69) is 25.0 Å². The summed E-state index contributed by atoms with van der Waals surface area (Å²) in [5.74, 6) is -0.528. The summed E-state index contributed by atoms with van der Waals surface area (Å²) in [4.78, 5) is 34.8. The summed E-state index contributed by atoms with van der Waals surface area (Å²) in [5.41, 5.74) is 0.744. The molecule has 2 aromatic carbocycles. The van der Waals surface area contributed by atoms with Crippen molar-refractivity contribution in [1.82, 2.24) is 15.0 Å². The van der Waals surface area contributed by atoms with Crippen molar-refractivity contribution in [3.63, 3.8) is 0 Å². The number of rotatable bonds is 5. The molecule has 3 N–H and O–H groups in total. The smallest absolute Gasteiger partial charge is 0.264 e. The maximum absolute atomic E-state index is 12.7. The molecule has 150 valence electrons. The van der Waals surface area contributed by atoms with Crippen LogP contribution in [0.15, 0.2) is 82.7 Å².